The Bertz CT molecular complexity index is 1210. The van der Waals surface area contributed by atoms with Crippen LogP contribution in [0.15, 0.2) is 54.6 Å². The molecule has 2 aliphatic rings. The lowest BCUT2D eigenvalue weighted by Crippen LogP contribution is -2.55. The van der Waals surface area contributed by atoms with Crippen LogP contribution in [-0.2, 0) is 40.7 Å². The third kappa shape index (κ3) is 6.86. The number of anilines is 1. The summed E-state index contributed by atoms with van der Waals surface area (Å²) in [5, 5.41) is 2.86. The number of hydrogen-bond acceptors (Lipinski definition) is 7. The molecule has 1 atom stereocenters. The molecule has 0 bridgehead atoms. The van der Waals surface area contributed by atoms with E-state index in [4.69, 9.17) is 9.47 Å². The minimum atomic E-state index is -0.806. The number of methoxy groups -OCH3 is 1. The Kier molecular flexibility index (Phi) is 9.54. The summed E-state index contributed by atoms with van der Waals surface area (Å²) < 4.78 is 10.6. The summed E-state index contributed by atoms with van der Waals surface area (Å²) in [6.45, 7) is 1.97. The largest absolute Gasteiger partial charge is 0.469 e. The molecule has 4 rings (SSSR count). The summed E-state index contributed by atoms with van der Waals surface area (Å²) in [6.07, 6.45) is 0.991. The first-order valence-corrected chi connectivity index (χ1v) is 13.5. The van der Waals surface area contributed by atoms with Crippen LogP contribution in [0, 0.1) is 0 Å². The number of esters is 1. The number of likely N-dealkylation sites (tertiary alicyclic amines) is 1. The zero-order valence-electron chi connectivity index (χ0n) is 23.4. The number of para-hydroxylation sites is 1. The van der Waals surface area contributed by atoms with Crippen LogP contribution in [0.5, 0.6) is 0 Å². The summed E-state index contributed by atoms with van der Waals surface area (Å²) in [7, 11) is 4.86. The topological polar surface area (TPSA) is 108 Å². The van der Waals surface area contributed by atoms with Gasteiger partial charge in [-0.25, -0.2) is 0 Å². The highest BCUT2D eigenvalue weighted by Gasteiger charge is 2.47. The smallest absolute Gasteiger partial charge is 0.315 e. The van der Waals surface area contributed by atoms with E-state index in [2.05, 4.69) is 5.32 Å². The second-order valence-electron chi connectivity index (χ2n) is 10.7. The highest BCUT2D eigenvalue weighted by molar-refractivity contribution is 6.05. The fraction of sp³-hybridized carbons (Fsp3) is 0.467. The van der Waals surface area contributed by atoms with Gasteiger partial charge in [0, 0.05) is 30.7 Å². The molecule has 0 aromatic heterocycles. The molecule has 0 radical (unpaired) electrons. The number of hydrogen-bond donors (Lipinski definition) is 1. The molecule has 2 aliphatic heterocycles. The van der Waals surface area contributed by atoms with Gasteiger partial charge in [0.1, 0.15) is 12.5 Å². The predicted molar refractivity (Wildman–Crippen MR) is 150 cm³/mol. The normalized spacial score (nSPS) is 16.5. The lowest BCUT2D eigenvalue weighted by atomic mass is 9.74. The third-order valence-electron chi connectivity index (χ3n) is 7.57. The van der Waals surface area contributed by atoms with E-state index in [1.165, 1.54) is 7.11 Å². The molecule has 214 valence electrons. The van der Waals surface area contributed by atoms with Crippen molar-refractivity contribution >= 4 is 29.4 Å². The van der Waals surface area contributed by atoms with E-state index in [9.17, 15) is 19.2 Å². The van der Waals surface area contributed by atoms with Crippen LogP contribution in [-0.4, -0.2) is 93.5 Å². The van der Waals surface area contributed by atoms with Gasteiger partial charge in [-0.15, -0.1) is 0 Å². The number of nitrogens with zero attached hydrogens (tertiary/aromatic N) is 3. The lowest BCUT2D eigenvalue weighted by Gasteiger charge is -2.41. The lowest BCUT2D eigenvalue weighted by molar-refractivity contribution is -0.143. The number of nitrogens with one attached hydrogen (secondary N) is 1. The second-order valence-corrected chi connectivity index (χ2v) is 10.7. The molecule has 2 aromatic rings. The second kappa shape index (κ2) is 13.1. The molecular formula is C30H38N4O6. The molecule has 1 fully saturated rings. The van der Waals surface area contributed by atoms with E-state index in [1.54, 1.807) is 28.8 Å². The van der Waals surface area contributed by atoms with Crippen LogP contribution in [0.1, 0.15) is 30.4 Å². The molecule has 2 aromatic carbocycles. The van der Waals surface area contributed by atoms with Gasteiger partial charge >= 0.3 is 5.97 Å². The van der Waals surface area contributed by atoms with E-state index < -0.39 is 12.0 Å². The number of likely N-dealkylation sites (N-methyl/N-ethyl adjacent to an activating group) is 1. The van der Waals surface area contributed by atoms with Crippen molar-refractivity contribution in [2.45, 2.75) is 37.3 Å². The molecule has 40 heavy (non-hydrogen) atoms. The van der Waals surface area contributed by atoms with Crippen molar-refractivity contribution in [1.29, 1.82) is 0 Å². The maximum atomic E-state index is 13.6. The fourth-order valence-corrected chi connectivity index (χ4v) is 5.52. The Morgan fingerprint density at radius 3 is 2.35 bits per heavy atom. The van der Waals surface area contributed by atoms with Gasteiger partial charge in [-0.1, -0.05) is 48.5 Å². The Morgan fingerprint density at radius 2 is 1.68 bits per heavy atom. The van der Waals surface area contributed by atoms with Crippen molar-refractivity contribution in [3.8, 4) is 0 Å². The minimum absolute atomic E-state index is 0.0627. The molecule has 1 spiro atoms. The number of carbonyl (C=O) groups excluding carboxylic acids is 4. The van der Waals surface area contributed by atoms with Gasteiger partial charge in [0.15, 0.2) is 0 Å². The zero-order valence-corrected chi connectivity index (χ0v) is 23.4. The molecule has 10 nitrogen and oxygen atoms in total. The number of benzene rings is 2. The highest BCUT2D eigenvalue weighted by Crippen LogP contribution is 2.47. The monoisotopic (exact) mass is 550 g/mol. The average molecular weight is 551 g/mol. The summed E-state index contributed by atoms with van der Waals surface area (Å²) in [5.74, 6) is -1.29. The summed E-state index contributed by atoms with van der Waals surface area (Å²) >= 11 is 0. The van der Waals surface area contributed by atoms with Gasteiger partial charge in [0.05, 0.1) is 26.9 Å². The van der Waals surface area contributed by atoms with E-state index in [-0.39, 0.29) is 42.7 Å². The molecular weight excluding hydrogens is 512 g/mol. The highest BCUT2D eigenvalue weighted by atomic mass is 16.5. The predicted octanol–water partition coefficient (Wildman–Crippen LogP) is 1.72. The SMILES string of the molecule is COC(=O)CC(=O)N1CC2(CCN(C(=O)[C@@H](COCc3ccccc3)NC(=O)CN(C)C)CC2)c2ccccc21. The molecule has 0 saturated carbocycles. The number of carbonyl (C=O) groups is 4. The Balaban J connectivity index is 1.43. The summed E-state index contributed by atoms with van der Waals surface area (Å²) in [5.41, 5.74) is 2.54. The van der Waals surface area contributed by atoms with Crippen LogP contribution in [0.2, 0.25) is 0 Å². The number of fused-ring (bicyclic) bond motifs is 2. The molecule has 1 N–H and O–H groups in total. The molecule has 10 heteroatoms. The van der Waals surface area contributed by atoms with Gasteiger partial charge in [0.25, 0.3) is 0 Å². The van der Waals surface area contributed by atoms with Crippen molar-refractivity contribution in [3.05, 3.63) is 65.7 Å². The van der Waals surface area contributed by atoms with Gasteiger partial charge < -0.3 is 29.5 Å². The number of amides is 3. The molecule has 1 saturated heterocycles. The fourth-order valence-electron chi connectivity index (χ4n) is 5.52. The maximum Gasteiger partial charge on any atom is 0.315 e. The van der Waals surface area contributed by atoms with Crippen LogP contribution in [0.4, 0.5) is 5.69 Å². The van der Waals surface area contributed by atoms with Gasteiger partial charge in [0.2, 0.25) is 17.7 Å². The van der Waals surface area contributed by atoms with E-state index >= 15 is 0 Å². The summed E-state index contributed by atoms with van der Waals surface area (Å²) in [6, 6.07) is 16.6. The van der Waals surface area contributed by atoms with Gasteiger partial charge in [-0.2, -0.15) is 0 Å². The number of piperidine rings is 1. The molecule has 0 aliphatic carbocycles. The summed E-state index contributed by atoms with van der Waals surface area (Å²) in [4.78, 5) is 56.1. The Hall–Kier alpha value is -3.76. The first kappa shape index (κ1) is 29.2. The van der Waals surface area contributed by atoms with Gasteiger partial charge in [-0.05, 0) is 44.1 Å². The minimum Gasteiger partial charge on any atom is -0.469 e. The van der Waals surface area contributed by atoms with Crippen molar-refractivity contribution in [3.63, 3.8) is 0 Å². The van der Waals surface area contributed by atoms with E-state index in [0.717, 1.165) is 16.8 Å². The quantitative estimate of drug-likeness (QED) is 0.355. The molecule has 0 unspecified atom stereocenters. The maximum absolute atomic E-state index is 13.6. The van der Waals surface area contributed by atoms with Crippen LogP contribution in [0.25, 0.3) is 0 Å². The average Bonchev–Trinajstić information content (AvgIpc) is 3.26. The number of rotatable bonds is 10. The van der Waals surface area contributed by atoms with Gasteiger partial charge in [-0.3, -0.25) is 19.2 Å². The van der Waals surface area contributed by atoms with Crippen molar-refractivity contribution in [2.24, 2.45) is 0 Å². The van der Waals surface area contributed by atoms with Crippen LogP contribution >= 0.6 is 0 Å². The zero-order chi connectivity index (χ0) is 28.7. The first-order valence-electron chi connectivity index (χ1n) is 13.5. The number of ether oxygens (including phenoxy) is 2. The molecule has 3 amide bonds. The van der Waals surface area contributed by atoms with Crippen molar-refractivity contribution in [1.82, 2.24) is 15.1 Å². The van der Waals surface area contributed by atoms with Crippen molar-refractivity contribution < 1.29 is 28.7 Å². The Morgan fingerprint density at radius 1 is 1.00 bits per heavy atom. The van der Waals surface area contributed by atoms with Crippen LogP contribution < -0.4 is 10.2 Å². The third-order valence-corrected chi connectivity index (χ3v) is 7.57. The van der Waals surface area contributed by atoms with Crippen LogP contribution in [0.3, 0.4) is 0 Å². The Labute approximate surface area is 235 Å². The van der Waals surface area contributed by atoms with E-state index in [0.29, 0.717) is 39.1 Å². The van der Waals surface area contributed by atoms with Crippen molar-refractivity contribution in [2.75, 3.05) is 58.9 Å². The van der Waals surface area contributed by atoms with E-state index in [1.807, 2.05) is 54.6 Å². The first-order chi connectivity index (χ1) is 19.2. The standard InChI is InChI=1S/C30H38N4O6/c1-32(2)18-26(35)31-24(20-40-19-22-9-5-4-6-10-22)29(38)33-15-13-30(14-16-33)21-34(27(36)17-28(37)39-3)25-12-8-7-11-23(25)30/h4-12,24H,13-21H2,1-3H3,(H,31,35)/t24-/m1/s1. The molecule has 2 heterocycles.